The van der Waals surface area contributed by atoms with Gasteiger partial charge >= 0.3 is 0 Å². The Morgan fingerprint density at radius 3 is 2.65 bits per heavy atom. The minimum Gasteiger partial charge on any atom is -0.382 e. The number of hydrogen-bond acceptors (Lipinski definition) is 2. The highest BCUT2D eigenvalue weighted by Gasteiger charge is 2.20. The van der Waals surface area contributed by atoms with Crippen LogP contribution < -0.4 is 5.32 Å². The van der Waals surface area contributed by atoms with Crippen LogP contribution in [0.4, 0.5) is 5.69 Å². The first-order chi connectivity index (χ1) is 8.31. The van der Waals surface area contributed by atoms with Gasteiger partial charge in [-0.25, -0.2) is 0 Å². The van der Waals surface area contributed by atoms with Crippen LogP contribution in [0.25, 0.3) is 0 Å². The van der Waals surface area contributed by atoms with Gasteiger partial charge in [0.25, 0.3) is 0 Å². The lowest BCUT2D eigenvalue weighted by Gasteiger charge is -2.30. The van der Waals surface area contributed by atoms with E-state index < -0.39 is 0 Å². The fraction of sp³-hybridized carbons (Fsp3) is 0.600. The second-order valence-corrected chi connectivity index (χ2v) is 4.82. The quantitative estimate of drug-likeness (QED) is 0.857. The molecule has 1 heterocycles. The number of anilines is 1. The number of nitrogens with one attached hydrogen (secondary N) is 1. The average molecular weight is 233 g/mol. The molecule has 2 heteroatoms. The molecule has 0 spiro atoms. The van der Waals surface area contributed by atoms with Crippen LogP contribution >= 0.6 is 0 Å². The predicted molar refractivity (Wildman–Crippen MR) is 72.5 cm³/mol. The van der Waals surface area contributed by atoms with Gasteiger partial charge in [0.2, 0.25) is 0 Å². The highest BCUT2D eigenvalue weighted by atomic mass is 16.5. The summed E-state index contributed by atoms with van der Waals surface area (Å²) >= 11 is 0. The molecular formula is C15H23NO. The summed E-state index contributed by atoms with van der Waals surface area (Å²) in [5, 5.41) is 3.62. The van der Waals surface area contributed by atoms with Gasteiger partial charge in [0.05, 0.1) is 6.10 Å². The summed E-state index contributed by atoms with van der Waals surface area (Å²) in [4.78, 5) is 0. The van der Waals surface area contributed by atoms with Crippen molar-refractivity contribution in [3.63, 3.8) is 0 Å². The van der Waals surface area contributed by atoms with Gasteiger partial charge in [0, 0.05) is 18.3 Å². The zero-order chi connectivity index (χ0) is 12.1. The third-order valence-electron chi connectivity index (χ3n) is 3.56. The largest absolute Gasteiger partial charge is 0.382 e. The van der Waals surface area contributed by atoms with E-state index in [1.54, 1.807) is 0 Å². The highest BCUT2D eigenvalue weighted by Crippen LogP contribution is 2.20. The Morgan fingerprint density at radius 1 is 1.24 bits per heavy atom. The van der Waals surface area contributed by atoms with Crippen LogP contribution in [0.1, 0.15) is 38.7 Å². The number of ether oxygens (including phenoxy) is 1. The lowest BCUT2D eigenvalue weighted by atomic mass is 10.0. The highest BCUT2D eigenvalue weighted by molar-refractivity contribution is 5.45. The van der Waals surface area contributed by atoms with Crippen molar-refractivity contribution in [1.82, 2.24) is 0 Å². The lowest BCUT2D eigenvalue weighted by Crippen LogP contribution is -2.33. The number of aryl methyl sites for hydroxylation is 1. The Labute approximate surface area is 104 Å². The molecule has 2 rings (SSSR count). The minimum atomic E-state index is 0.441. The van der Waals surface area contributed by atoms with E-state index >= 15 is 0 Å². The number of rotatable bonds is 4. The third-order valence-corrected chi connectivity index (χ3v) is 3.56. The summed E-state index contributed by atoms with van der Waals surface area (Å²) in [7, 11) is 0. The molecule has 1 fully saturated rings. The van der Waals surface area contributed by atoms with Crippen LogP contribution in [0, 0.1) is 0 Å². The maximum absolute atomic E-state index is 5.69. The summed E-state index contributed by atoms with van der Waals surface area (Å²) < 4.78 is 5.69. The number of benzene rings is 1. The summed E-state index contributed by atoms with van der Waals surface area (Å²) in [5.41, 5.74) is 2.64. The van der Waals surface area contributed by atoms with E-state index in [4.69, 9.17) is 4.74 Å². The van der Waals surface area contributed by atoms with Crippen molar-refractivity contribution in [2.45, 2.75) is 51.7 Å². The SMILES string of the molecule is CCc1ccc(NC2CCOC(CC)C2)cc1. The molecule has 0 aliphatic carbocycles. The van der Waals surface area contributed by atoms with Crippen LogP contribution in [0.2, 0.25) is 0 Å². The summed E-state index contributed by atoms with van der Waals surface area (Å²) in [6.45, 7) is 5.28. The van der Waals surface area contributed by atoms with E-state index in [1.807, 2.05) is 0 Å². The summed E-state index contributed by atoms with van der Waals surface area (Å²) in [6.07, 6.45) is 4.91. The average Bonchev–Trinajstić information content (AvgIpc) is 2.40. The van der Waals surface area contributed by atoms with Gasteiger partial charge in [-0.3, -0.25) is 0 Å². The fourth-order valence-electron chi connectivity index (χ4n) is 2.37. The standard InChI is InChI=1S/C15H23NO/c1-3-12-5-7-13(8-6-12)16-14-9-10-17-15(4-2)11-14/h5-8,14-16H,3-4,9-11H2,1-2H3. The second kappa shape index (κ2) is 6.06. The first-order valence-corrected chi connectivity index (χ1v) is 6.79. The molecule has 1 N–H and O–H groups in total. The molecule has 1 aromatic rings. The van der Waals surface area contributed by atoms with Crippen molar-refractivity contribution >= 4 is 5.69 Å². The van der Waals surface area contributed by atoms with Gasteiger partial charge in [-0.1, -0.05) is 26.0 Å². The molecule has 0 aromatic heterocycles. The van der Waals surface area contributed by atoms with Gasteiger partial charge in [0.1, 0.15) is 0 Å². The molecular weight excluding hydrogens is 210 g/mol. The van der Waals surface area contributed by atoms with E-state index in [0.29, 0.717) is 12.1 Å². The van der Waals surface area contributed by atoms with E-state index in [0.717, 1.165) is 32.3 Å². The molecule has 17 heavy (non-hydrogen) atoms. The van der Waals surface area contributed by atoms with Gasteiger partial charge in [-0.05, 0) is 43.4 Å². The van der Waals surface area contributed by atoms with Gasteiger partial charge in [-0.2, -0.15) is 0 Å². The van der Waals surface area contributed by atoms with Gasteiger partial charge in [0.15, 0.2) is 0 Å². The molecule has 0 bridgehead atoms. The summed E-state index contributed by atoms with van der Waals surface area (Å²) in [6, 6.07) is 9.36. The maximum Gasteiger partial charge on any atom is 0.0592 e. The molecule has 2 nitrogen and oxygen atoms in total. The van der Waals surface area contributed by atoms with Crippen molar-refractivity contribution in [1.29, 1.82) is 0 Å². The molecule has 1 aromatic carbocycles. The fourth-order valence-corrected chi connectivity index (χ4v) is 2.37. The molecule has 94 valence electrons. The molecule has 1 aliphatic heterocycles. The lowest BCUT2D eigenvalue weighted by molar-refractivity contribution is 0.00926. The van der Waals surface area contributed by atoms with E-state index in [1.165, 1.54) is 11.3 Å². The van der Waals surface area contributed by atoms with Crippen molar-refractivity contribution < 1.29 is 4.74 Å². The van der Waals surface area contributed by atoms with Gasteiger partial charge < -0.3 is 10.1 Å². The zero-order valence-corrected chi connectivity index (χ0v) is 10.9. The van der Waals surface area contributed by atoms with E-state index in [-0.39, 0.29) is 0 Å². The van der Waals surface area contributed by atoms with Crippen LogP contribution in [0.5, 0.6) is 0 Å². The van der Waals surface area contributed by atoms with Gasteiger partial charge in [-0.15, -0.1) is 0 Å². The van der Waals surface area contributed by atoms with Crippen molar-refractivity contribution in [3.8, 4) is 0 Å². The maximum atomic E-state index is 5.69. The Morgan fingerprint density at radius 2 is 2.00 bits per heavy atom. The first kappa shape index (κ1) is 12.4. The molecule has 2 atom stereocenters. The second-order valence-electron chi connectivity index (χ2n) is 4.82. The Kier molecular flexibility index (Phi) is 4.43. The normalized spacial score (nSPS) is 24.6. The van der Waals surface area contributed by atoms with Crippen LogP contribution in [-0.2, 0) is 11.2 Å². The van der Waals surface area contributed by atoms with E-state index in [2.05, 4.69) is 43.4 Å². The Hall–Kier alpha value is -1.02. The monoisotopic (exact) mass is 233 g/mol. The van der Waals surface area contributed by atoms with Crippen molar-refractivity contribution in [2.75, 3.05) is 11.9 Å². The van der Waals surface area contributed by atoms with Crippen LogP contribution in [-0.4, -0.2) is 18.8 Å². The molecule has 1 aliphatic rings. The van der Waals surface area contributed by atoms with Crippen molar-refractivity contribution in [2.24, 2.45) is 0 Å². The van der Waals surface area contributed by atoms with E-state index in [9.17, 15) is 0 Å². The van der Waals surface area contributed by atoms with Crippen molar-refractivity contribution in [3.05, 3.63) is 29.8 Å². The van der Waals surface area contributed by atoms with Crippen LogP contribution in [0.3, 0.4) is 0 Å². The third kappa shape index (κ3) is 3.47. The minimum absolute atomic E-state index is 0.441. The molecule has 2 unspecified atom stereocenters. The molecule has 0 saturated carbocycles. The Balaban J connectivity index is 1.90. The molecule has 0 radical (unpaired) electrons. The first-order valence-electron chi connectivity index (χ1n) is 6.79. The Bertz CT molecular complexity index is 333. The molecule has 1 saturated heterocycles. The zero-order valence-electron chi connectivity index (χ0n) is 10.9. The topological polar surface area (TPSA) is 21.3 Å². The molecule has 0 amide bonds. The number of hydrogen-bond donors (Lipinski definition) is 1. The smallest absolute Gasteiger partial charge is 0.0592 e. The van der Waals surface area contributed by atoms with Crippen LogP contribution in [0.15, 0.2) is 24.3 Å². The summed E-state index contributed by atoms with van der Waals surface area (Å²) in [5.74, 6) is 0. The predicted octanol–water partition coefficient (Wildman–Crippen LogP) is 3.62.